The van der Waals surface area contributed by atoms with Gasteiger partial charge in [0.2, 0.25) is 5.91 Å². The molecule has 0 aliphatic rings. The number of anilines is 1. The van der Waals surface area contributed by atoms with Crippen LogP contribution >= 0.6 is 11.6 Å². The van der Waals surface area contributed by atoms with Gasteiger partial charge >= 0.3 is 5.97 Å². The highest BCUT2D eigenvalue weighted by Crippen LogP contribution is 2.35. The summed E-state index contributed by atoms with van der Waals surface area (Å²) in [6, 6.07) is 3.37. The van der Waals surface area contributed by atoms with E-state index in [1.54, 1.807) is 0 Å². The van der Waals surface area contributed by atoms with Crippen LogP contribution in [0.4, 0.5) is 14.5 Å². The van der Waals surface area contributed by atoms with Crippen LogP contribution in [-0.4, -0.2) is 31.1 Å². The van der Waals surface area contributed by atoms with Crippen molar-refractivity contribution in [1.82, 2.24) is 4.98 Å². The standard InChI is InChI=1S/C16H13ClF2N2O4/c1-7(22)20-11-6-10(21-14(12(11)17)16(23)25-3)8-4-5-9(18)15(24-2)13(8)19/h4-6H,1-3H3,(H,20,21,22). The number of aromatic nitrogens is 1. The number of amides is 1. The van der Waals surface area contributed by atoms with Gasteiger partial charge in [-0.2, -0.15) is 0 Å². The molecule has 1 aromatic carbocycles. The summed E-state index contributed by atoms with van der Waals surface area (Å²) in [5, 5.41) is 2.25. The Morgan fingerprint density at radius 1 is 1.24 bits per heavy atom. The first-order chi connectivity index (χ1) is 11.8. The molecule has 0 saturated heterocycles. The molecule has 1 amide bonds. The highest BCUT2D eigenvalue weighted by atomic mass is 35.5. The van der Waals surface area contributed by atoms with Gasteiger partial charge < -0.3 is 14.8 Å². The number of halogens is 3. The number of nitrogens with one attached hydrogen (secondary N) is 1. The van der Waals surface area contributed by atoms with Crippen LogP contribution in [0, 0.1) is 11.6 Å². The third kappa shape index (κ3) is 3.69. The molecule has 0 aliphatic carbocycles. The number of hydrogen-bond acceptors (Lipinski definition) is 5. The van der Waals surface area contributed by atoms with Gasteiger partial charge in [-0.1, -0.05) is 11.6 Å². The lowest BCUT2D eigenvalue weighted by Crippen LogP contribution is -2.12. The van der Waals surface area contributed by atoms with Crippen molar-refractivity contribution in [1.29, 1.82) is 0 Å². The molecule has 0 spiro atoms. The molecule has 0 bridgehead atoms. The van der Waals surface area contributed by atoms with E-state index in [0.29, 0.717) is 0 Å². The molecule has 0 atom stereocenters. The summed E-state index contributed by atoms with van der Waals surface area (Å²) in [6.07, 6.45) is 0. The number of ether oxygens (including phenoxy) is 2. The summed E-state index contributed by atoms with van der Waals surface area (Å²) >= 11 is 6.05. The van der Waals surface area contributed by atoms with Crippen molar-refractivity contribution in [2.45, 2.75) is 6.92 Å². The second kappa shape index (κ2) is 7.43. The van der Waals surface area contributed by atoms with E-state index in [4.69, 9.17) is 16.3 Å². The van der Waals surface area contributed by atoms with E-state index in [0.717, 1.165) is 26.4 Å². The van der Waals surface area contributed by atoms with Crippen LogP contribution in [0.25, 0.3) is 11.3 Å². The summed E-state index contributed by atoms with van der Waals surface area (Å²) in [5.74, 6) is -3.86. The van der Waals surface area contributed by atoms with Crippen LogP contribution in [0.5, 0.6) is 5.75 Å². The van der Waals surface area contributed by atoms with Crippen molar-refractivity contribution in [3.8, 4) is 17.0 Å². The Morgan fingerprint density at radius 3 is 2.48 bits per heavy atom. The third-order valence-electron chi connectivity index (χ3n) is 3.18. The fraction of sp³-hybridized carbons (Fsp3) is 0.188. The second-order valence-corrected chi connectivity index (χ2v) is 5.21. The fourth-order valence-electron chi connectivity index (χ4n) is 2.10. The monoisotopic (exact) mass is 370 g/mol. The van der Waals surface area contributed by atoms with Crippen LogP contribution in [0.1, 0.15) is 17.4 Å². The van der Waals surface area contributed by atoms with Crippen molar-refractivity contribution in [2.24, 2.45) is 0 Å². The van der Waals surface area contributed by atoms with E-state index in [9.17, 15) is 18.4 Å². The number of nitrogens with zero attached hydrogens (tertiary/aromatic N) is 1. The Balaban J connectivity index is 2.73. The number of methoxy groups -OCH3 is 2. The molecule has 0 radical (unpaired) electrons. The molecule has 1 aromatic heterocycles. The van der Waals surface area contributed by atoms with Gasteiger partial charge in [-0.15, -0.1) is 0 Å². The van der Waals surface area contributed by atoms with E-state index in [2.05, 4.69) is 15.0 Å². The van der Waals surface area contributed by atoms with Gasteiger partial charge in [0.1, 0.15) is 0 Å². The molecule has 9 heteroatoms. The maximum absolute atomic E-state index is 14.5. The van der Waals surface area contributed by atoms with Crippen molar-refractivity contribution in [3.63, 3.8) is 0 Å². The van der Waals surface area contributed by atoms with Crippen LogP contribution in [0.3, 0.4) is 0 Å². The van der Waals surface area contributed by atoms with Gasteiger partial charge in [-0.25, -0.2) is 18.6 Å². The maximum atomic E-state index is 14.5. The number of carbonyl (C=O) groups excluding carboxylic acids is 2. The van der Waals surface area contributed by atoms with E-state index >= 15 is 0 Å². The maximum Gasteiger partial charge on any atom is 0.358 e. The first kappa shape index (κ1) is 18.6. The van der Waals surface area contributed by atoms with E-state index in [1.165, 1.54) is 13.0 Å². The summed E-state index contributed by atoms with van der Waals surface area (Å²) < 4.78 is 37.3. The molecule has 6 nitrogen and oxygen atoms in total. The molecule has 1 heterocycles. The molecule has 0 aliphatic heterocycles. The third-order valence-corrected chi connectivity index (χ3v) is 3.56. The first-order valence-corrected chi connectivity index (χ1v) is 7.26. The Kier molecular flexibility index (Phi) is 5.53. The van der Waals surface area contributed by atoms with Gasteiger partial charge in [0.05, 0.1) is 30.6 Å². The highest BCUT2D eigenvalue weighted by Gasteiger charge is 2.22. The zero-order chi connectivity index (χ0) is 18.7. The first-order valence-electron chi connectivity index (χ1n) is 6.89. The number of pyridine rings is 1. The molecule has 0 saturated carbocycles. The molecule has 0 fully saturated rings. The molecule has 2 aromatic rings. The summed E-state index contributed by atoms with van der Waals surface area (Å²) in [4.78, 5) is 27.2. The fourth-order valence-corrected chi connectivity index (χ4v) is 2.32. The van der Waals surface area contributed by atoms with Crippen molar-refractivity contribution >= 4 is 29.2 Å². The predicted octanol–water partition coefficient (Wildman–Crippen LogP) is 3.43. The Morgan fingerprint density at radius 2 is 1.92 bits per heavy atom. The minimum absolute atomic E-state index is 0.0299. The average Bonchev–Trinajstić information content (AvgIpc) is 2.56. The van der Waals surface area contributed by atoms with Crippen molar-refractivity contribution < 1.29 is 27.8 Å². The quantitative estimate of drug-likeness (QED) is 0.834. The van der Waals surface area contributed by atoms with E-state index in [-0.39, 0.29) is 27.7 Å². The molecule has 1 N–H and O–H groups in total. The summed E-state index contributed by atoms with van der Waals surface area (Å²) in [5.41, 5.74) is -0.508. The number of hydrogen-bond donors (Lipinski definition) is 1. The molecule has 132 valence electrons. The molecular formula is C16H13ClF2N2O4. The Hall–Kier alpha value is -2.74. The molecule has 0 unspecified atom stereocenters. The number of esters is 1. The lowest BCUT2D eigenvalue weighted by atomic mass is 10.1. The largest absolute Gasteiger partial charge is 0.491 e. The number of benzene rings is 1. The summed E-state index contributed by atoms with van der Waals surface area (Å²) in [6.45, 7) is 1.23. The van der Waals surface area contributed by atoms with Gasteiger partial charge in [0.15, 0.2) is 23.1 Å². The van der Waals surface area contributed by atoms with Crippen LogP contribution in [0.2, 0.25) is 5.02 Å². The van der Waals surface area contributed by atoms with Gasteiger partial charge in [-0.3, -0.25) is 4.79 Å². The van der Waals surface area contributed by atoms with E-state index in [1.807, 2.05) is 0 Å². The lowest BCUT2D eigenvalue weighted by Gasteiger charge is -2.13. The van der Waals surface area contributed by atoms with Gasteiger partial charge in [-0.05, 0) is 18.2 Å². The molecule has 25 heavy (non-hydrogen) atoms. The minimum Gasteiger partial charge on any atom is -0.491 e. The Labute approximate surface area is 146 Å². The van der Waals surface area contributed by atoms with Crippen LogP contribution in [-0.2, 0) is 9.53 Å². The smallest absolute Gasteiger partial charge is 0.358 e. The van der Waals surface area contributed by atoms with Gasteiger partial charge in [0, 0.05) is 12.5 Å². The average molecular weight is 371 g/mol. The topological polar surface area (TPSA) is 77.5 Å². The number of rotatable bonds is 4. The van der Waals surface area contributed by atoms with Crippen LogP contribution < -0.4 is 10.1 Å². The van der Waals surface area contributed by atoms with Crippen molar-refractivity contribution in [3.05, 3.63) is 40.6 Å². The lowest BCUT2D eigenvalue weighted by molar-refractivity contribution is -0.114. The zero-order valence-electron chi connectivity index (χ0n) is 13.4. The molecule has 2 rings (SSSR count). The predicted molar refractivity (Wildman–Crippen MR) is 86.8 cm³/mol. The van der Waals surface area contributed by atoms with Crippen LogP contribution in [0.15, 0.2) is 18.2 Å². The second-order valence-electron chi connectivity index (χ2n) is 4.83. The zero-order valence-corrected chi connectivity index (χ0v) is 14.2. The van der Waals surface area contributed by atoms with Crippen molar-refractivity contribution in [2.75, 3.05) is 19.5 Å². The van der Waals surface area contributed by atoms with Gasteiger partial charge in [0.25, 0.3) is 0 Å². The van der Waals surface area contributed by atoms with E-state index < -0.39 is 29.3 Å². The highest BCUT2D eigenvalue weighted by molar-refractivity contribution is 6.36. The number of carbonyl (C=O) groups is 2. The SMILES string of the molecule is COC(=O)c1nc(-c2ccc(F)c(OC)c2F)cc(NC(C)=O)c1Cl. The Bertz CT molecular complexity index is 859. The minimum atomic E-state index is -1.01. The normalized spacial score (nSPS) is 10.3. The summed E-state index contributed by atoms with van der Waals surface area (Å²) in [7, 11) is 2.23. The molecular weight excluding hydrogens is 358 g/mol.